The molecule has 4 N–H and O–H groups in total. The Morgan fingerprint density at radius 1 is 1.00 bits per heavy atom. The van der Waals surface area contributed by atoms with Crippen LogP contribution in [0.25, 0.3) is 0 Å². The van der Waals surface area contributed by atoms with Crippen LogP contribution < -0.4 is 6.15 Å². The molecule has 0 fully saturated rings. The van der Waals surface area contributed by atoms with Gasteiger partial charge in [0.25, 0.3) is 0 Å². The van der Waals surface area contributed by atoms with E-state index in [4.69, 9.17) is 14.6 Å². The van der Waals surface area contributed by atoms with Gasteiger partial charge in [-0.3, -0.25) is 9.59 Å². The number of aliphatic carboxylic acids is 1. The van der Waals surface area contributed by atoms with Gasteiger partial charge in [0.1, 0.15) is 6.61 Å². The molecule has 0 aromatic heterocycles. The highest BCUT2D eigenvalue weighted by atomic mass is 16.6. The lowest BCUT2D eigenvalue weighted by molar-refractivity contribution is -0.145. The second kappa shape index (κ2) is 12.9. The van der Waals surface area contributed by atoms with Gasteiger partial charge in [-0.1, -0.05) is 12.8 Å². The van der Waals surface area contributed by atoms with Crippen LogP contribution in [0.3, 0.4) is 0 Å². The Morgan fingerprint density at radius 3 is 2.12 bits per heavy atom. The van der Waals surface area contributed by atoms with Crippen molar-refractivity contribution in [2.75, 3.05) is 20.3 Å². The highest BCUT2D eigenvalue weighted by molar-refractivity contribution is 5.69. The zero-order chi connectivity index (χ0) is 12.2. The van der Waals surface area contributed by atoms with Crippen LogP contribution in [0.15, 0.2) is 0 Å². The second-order valence-corrected chi connectivity index (χ2v) is 3.52. The molecule has 102 valence electrons. The number of ether oxygens (including phenoxy) is 2. The highest BCUT2D eigenvalue weighted by Crippen LogP contribution is 2.06. The van der Waals surface area contributed by atoms with Gasteiger partial charge >= 0.3 is 11.9 Å². The van der Waals surface area contributed by atoms with Crippen LogP contribution in [0.1, 0.15) is 38.5 Å². The minimum atomic E-state index is -0.765. The molecule has 0 radical (unpaired) electrons. The fourth-order valence-corrected chi connectivity index (χ4v) is 1.21. The molecule has 0 atom stereocenters. The fraction of sp³-hybridized carbons (Fsp3) is 0.818. The molecule has 0 heterocycles. The first kappa shape index (κ1) is 18.2. The van der Waals surface area contributed by atoms with E-state index in [1.54, 1.807) is 7.11 Å². The number of carbonyl (C=O) groups excluding carboxylic acids is 1. The number of carboxylic acids is 1. The SMILES string of the molecule is COCCOC(=O)CCCCCCC(=O)O.N. The summed E-state index contributed by atoms with van der Waals surface area (Å²) >= 11 is 0. The van der Waals surface area contributed by atoms with Gasteiger partial charge in [-0.15, -0.1) is 0 Å². The number of unbranched alkanes of at least 4 members (excludes halogenated alkanes) is 3. The van der Waals surface area contributed by atoms with Crippen LogP contribution in [0.2, 0.25) is 0 Å². The molecule has 0 bridgehead atoms. The molecule has 0 amide bonds. The summed E-state index contributed by atoms with van der Waals surface area (Å²) in [6, 6.07) is 0. The molecular weight excluding hydrogens is 226 g/mol. The molecule has 0 unspecified atom stereocenters. The lowest BCUT2D eigenvalue weighted by atomic mass is 10.1. The summed E-state index contributed by atoms with van der Waals surface area (Å²) in [5.74, 6) is -0.978. The molecule has 0 spiro atoms. The van der Waals surface area contributed by atoms with Crippen molar-refractivity contribution in [2.24, 2.45) is 0 Å². The standard InChI is InChI=1S/C11H20O5.H3N/c1-15-8-9-16-11(14)7-5-3-2-4-6-10(12)13;/h2-9H2,1H3,(H,12,13);1H3. The number of methoxy groups -OCH3 is 1. The molecule has 0 aromatic carbocycles. The van der Waals surface area contributed by atoms with Crippen LogP contribution in [0.5, 0.6) is 0 Å². The number of hydrogen-bond donors (Lipinski definition) is 2. The number of carboxylic acid groups (broad SMARTS) is 1. The van der Waals surface area contributed by atoms with Crippen molar-refractivity contribution in [1.29, 1.82) is 0 Å². The topological polar surface area (TPSA) is 108 Å². The molecule has 0 aliphatic carbocycles. The van der Waals surface area contributed by atoms with E-state index in [0.29, 0.717) is 26.1 Å². The number of hydrogen-bond acceptors (Lipinski definition) is 5. The van der Waals surface area contributed by atoms with Gasteiger partial charge in [-0.05, 0) is 12.8 Å². The average molecular weight is 249 g/mol. The Labute approximate surface area is 102 Å². The Balaban J connectivity index is 0. The predicted octanol–water partition coefficient (Wildman–Crippen LogP) is 1.76. The molecule has 0 saturated carbocycles. The maximum absolute atomic E-state index is 11.1. The van der Waals surface area contributed by atoms with Crippen molar-refractivity contribution in [3.05, 3.63) is 0 Å². The van der Waals surface area contributed by atoms with Gasteiger partial charge in [0.05, 0.1) is 6.61 Å². The Hall–Kier alpha value is -1.14. The molecule has 0 aliphatic heterocycles. The monoisotopic (exact) mass is 249 g/mol. The minimum absolute atomic E-state index is 0. The lowest BCUT2D eigenvalue weighted by Gasteiger charge is -2.03. The van der Waals surface area contributed by atoms with E-state index in [9.17, 15) is 9.59 Å². The second-order valence-electron chi connectivity index (χ2n) is 3.52. The van der Waals surface area contributed by atoms with Gasteiger partial charge in [-0.25, -0.2) is 0 Å². The van der Waals surface area contributed by atoms with Gasteiger partial charge in [0, 0.05) is 20.0 Å². The summed E-state index contributed by atoms with van der Waals surface area (Å²) < 4.78 is 9.61. The molecule has 6 nitrogen and oxygen atoms in total. The third kappa shape index (κ3) is 14.9. The molecule has 0 saturated heterocycles. The van der Waals surface area contributed by atoms with Crippen LogP contribution in [-0.2, 0) is 19.1 Å². The first-order chi connectivity index (χ1) is 7.66. The summed E-state index contributed by atoms with van der Waals surface area (Å²) in [5, 5.41) is 8.39. The van der Waals surface area contributed by atoms with E-state index >= 15 is 0 Å². The molecule has 0 aliphatic rings. The third-order valence-electron chi connectivity index (χ3n) is 2.07. The molecular formula is C11H23NO5. The van der Waals surface area contributed by atoms with E-state index in [2.05, 4.69) is 0 Å². The van der Waals surface area contributed by atoms with E-state index < -0.39 is 5.97 Å². The zero-order valence-corrected chi connectivity index (χ0v) is 10.4. The van der Waals surface area contributed by atoms with Crippen molar-refractivity contribution in [3.63, 3.8) is 0 Å². The molecule has 6 heteroatoms. The maximum atomic E-state index is 11.1. The summed E-state index contributed by atoms with van der Waals surface area (Å²) in [6.45, 7) is 0.721. The zero-order valence-electron chi connectivity index (χ0n) is 10.4. The van der Waals surface area contributed by atoms with Crippen molar-refractivity contribution in [3.8, 4) is 0 Å². The summed E-state index contributed by atoms with van der Waals surface area (Å²) in [6.07, 6.45) is 3.75. The van der Waals surface area contributed by atoms with Crippen LogP contribution in [0.4, 0.5) is 0 Å². The molecule has 0 aromatic rings. The highest BCUT2D eigenvalue weighted by Gasteiger charge is 2.02. The lowest BCUT2D eigenvalue weighted by Crippen LogP contribution is -2.09. The molecule has 0 rings (SSSR count). The van der Waals surface area contributed by atoms with Crippen molar-refractivity contribution >= 4 is 11.9 Å². The number of carbonyl (C=O) groups is 2. The van der Waals surface area contributed by atoms with E-state index in [1.165, 1.54) is 0 Å². The van der Waals surface area contributed by atoms with Gasteiger partial charge in [0.2, 0.25) is 0 Å². The van der Waals surface area contributed by atoms with Crippen LogP contribution in [0, 0.1) is 0 Å². The minimum Gasteiger partial charge on any atom is -0.481 e. The molecule has 17 heavy (non-hydrogen) atoms. The normalized spacial score (nSPS) is 9.47. The van der Waals surface area contributed by atoms with Crippen molar-refractivity contribution in [2.45, 2.75) is 38.5 Å². The fourth-order valence-electron chi connectivity index (χ4n) is 1.21. The Morgan fingerprint density at radius 2 is 1.59 bits per heavy atom. The van der Waals surface area contributed by atoms with Crippen LogP contribution >= 0.6 is 0 Å². The first-order valence-electron chi connectivity index (χ1n) is 5.53. The summed E-state index contributed by atoms with van der Waals surface area (Å²) in [5.41, 5.74) is 0. The van der Waals surface area contributed by atoms with Crippen molar-refractivity contribution in [1.82, 2.24) is 6.15 Å². The van der Waals surface area contributed by atoms with Gasteiger partial charge in [0.15, 0.2) is 0 Å². The Bertz CT molecular complexity index is 208. The van der Waals surface area contributed by atoms with Crippen LogP contribution in [-0.4, -0.2) is 37.4 Å². The summed E-state index contributed by atoms with van der Waals surface area (Å²) in [4.78, 5) is 21.3. The van der Waals surface area contributed by atoms with E-state index in [0.717, 1.165) is 19.3 Å². The van der Waals surface area contributed by atoms with E-state index in [1.807, 2.05) is 0 Å². The third-order valence-corrected chi connectivity index (χ3v) is 2.07. The largest absolute Gasteiger partial charge is 0.481 e. The number of esters is 1. The quantitative estimate of drug-likeness (QED) is 0.451. The smallest absolute Gasteiger partial charge is 0.305 e. The predicted molar refractivity (Wildman–Crippen MR) is 63.2 cm³/mol. The van der Waals surface area contributed by atoms with Crippen molar-refractivity contribution < 1.29 is 24.2 Å². The van der Waals surface area contributed by atoms with Gasteiger partial charge < -0.3 is 20.7 Å². The Kier molecular flexibility index (Phi) is 13.9. The number of rotatable bonds is 10. The summed E-state index contributed by atoms with van der Waals surface area (Å²) in [7, 11) is 1.55. The van der Waals surface area contributed by atoms with E-state index in [-0.39, 0.29) is 18.5 Å². The van der Waals surface area contributed by atoms with Gasteiger partial charge in [-0.2, -0.15) is 0 Å². The maximum Gasteiger partial charge on any atom is 0.305 e. The average Bonchev–Trinajstić information content (AvgIpc) is 2.23. The first-order valence-corrected chi connectivity index (χ1v) is 5.53.